The third-order valence-corrected chi connectivity index (χ3v) is 2.88. The van der Waals surface area contributed by atoms with Gasteiger partial charge < -0.3 is 14.9 Å². The van der Waals surface area contributed by atoms with Crippen LogP contribution in [-0.2, 0) is 6.42 Å². The van der Waals surface area contributed by atoms with Gasteiger partial charge in [-0.3, -0.25) is 0 Å². The molecular weight excluding hydrogens is 214 g/mol. The minimum atomic E-state index is -0.0165. The minimum absolute atomic E-state index is 0.0165. The van der Waals surface area contributed by atoms with E-state index in [1.165, 1.54) is 0 Å². The van der Waals surface area contributed by atoms with Crippen molar-refractivity contribution in [3.8, 4) is 5.75 Å². The molecule has 1 aromatic heterocycles. The molecule has 0 saturated heterocycles. The van der Waals surface area contributed by atoms with Crippen LogP contribution in [0.3, 0.4) is 0 Å². The van der Waals surface area contributed by atoms with E-state index in [1.807, 2.05) is 25.1 Å². The molecule has 90 valence electrons. The molecule has 3 heteroatoms. The van der Waals surface area contributed by atoms with Gasteiger partial charge in [0.25, 0.3) is 0 Å². The summed E-state index contributed by atoms with van der Waals surface area (Å²) >= 11 is 0. The molecule has 0 bridgehead atoms. The number of hydrogen-bond donors (Lipinski definition) is 1. The molecule has 0 fully saturated rings. The van der Waals surface area contributed by atoms with Crippen molar-refractivity contribution in [2.45, 2.75) is 19.4 Å². The van der Waals surface area contributed by atoms with Crippen LogP contribution in [0.1, 0.15) is 22.7 Å². The summed E-state index contributed by atoms with van der Waals surface area (Å²) in [5.74, 6) is 0.893. The lowest BCUT2D eigenvalue weighted by Gasteiger charge is -2.13. The first-order valence-electron chi connectivity index (χ1n) is 5.62. The number of rotatable bonds is 4. The van der Waals surface area contributed by atoms with E-state index >= 15 is 0 Å². The van der Waals surface area contributed by atoms with Crippen LogP contribution in [0.5, 0.6) is 5.75 Å². The number of aryl methyl sites for hydroxylation is 1. The topological polar surface area (TPSA) is 48.4 Å². The van der Waals surface area contributed by atoms with Crippen LogP contribution < -0.4 is 10.5 Å². The van der Waals surface area contributed by atoms with Crippen molar-refractivity contribution in [1.82, 2.24) is 0 Å². The maximum absolute atomic E-state index is 6.16. The maximum atomic E-state index is 6.16. The Kier molecular flexibility index (Phi) is 3.49. The fraction of sp³-hybridized carbons (Fsp3) is 0.286. The Morgan fingerprint density at radius 3 is 2.76 bits per heavy atom. The molecule has 0 spiro atoms. The smallest absolute Gasteiger partial charge is 0.121 e. The zero-order valence-electron chi connectivity index (χ0n) is 10.1. The third kappa shape index (κ3) is 2.68. The Bertz CT molecular complexity index is 477. The van der Waals surface area contributed by atoms with Gasteiger partial charge in [-0.05, 0) is 42.2 Å². The Morgan fingerprint density at radius 2 is 2.18 bits per heavy atom. The van der Waals surface area contributed by atoms with Crippen molar-refractivity contribution in [2.24, 2.45) is 5.73 Å². The van der Waals surface area contributed by atoms with E-state index in [-0.39, 0.29) is 6.04 Å². The monoisotopic (exact) mass is 231 g/mol. The predicted molar refractivity (Wildman–Crippen MR) is 67.1 cm³/mol. The Labute approximate surface area is 101 Å². The summed E-state index contributed by atoms with van der Waals surface area (Å²) in [6, 6.07) is 7.97. The molecule has 0 saturated carbocycles. The zero-order valence-corrected chi connectivity index (χ0v) is 10.1. The molecule has 0 aliphatic carbocycles. The molecule has 0 aliphatic heterocycles. The van der Waals surface area contributed by atoms with Gasteiger partial charge in [-0.25, -0.2) is 0 Å². The van der Waals surface area contributed by atoms with E-state index in [0.717, 1.165) is 28.9 Å². The van der Waals surface area contributed by atoms with Crippen LogP contribution in [-0.4, -0.2) is 7.11 Å². The second-order valence-corrected chi connectivity index (χ2v) is 4.17. The number of benzene rings is 1. The first kappa shape index (κ1) is 11.7. The number of hydrogen-bond acceptors (Lipinski definition) is 3. The van der Waals surface area contributed by atoms with Gasteiger partial charge in [0.2, 0.25) is 0 Å². The first-order chi connectivity index (χ1) is 8.20. The normalized spacial score (nSPS) is 12.4. The van der Waals surface area contributed by atoms with E-state index < -0.39 is 0 Å². The van der Waals surface area contributed by atoms with E-state index in [4.69, 9.17) is 14.9 Å². The minimum Gasteiger partial charge on any atom is -0.496 e. The van der Waals surface area contributed by atoms with Gasteiger partial charge in [-0.15, -0.1) is 0 Å². The molecule has 1 atom stereocenters. The van der Waals surface area contributed by atoms with Crippen molar-refractivity contribution < 1.29 is 9.15 Å². The predicted octanol–water partition coefficient (Wildman–Crippen LogP) is 2.84. The van der Waals surface area contributed by atoms with Crippen LogP contribution in [0.4, 0.5) is 0 Å². The maximum Gasteiger partial charge on any atom is 0.121 e. The molecule has 0 radical (unpaired) electrons. The number of nitrogens with two attached hydrogens (primary N) is 1. The first-order valence-corrected chi connectivity index (χ1v) is 5.62. The molecule has 2 N–H and O–H groups in total. The lowest BCUT2D eigenvalue weighted by molar-refractivity contribution is 0.411. The van der Waals surface area contributed by atoms with Crippen molar-refractivity contribution in [1.29, 1.82) is 0 Å². The SMILES string of the molecule is COc1ccc(C(N)Cc2ccoc2)cc1C. The summed E-state index contributed by atoms with van der Waals surface area (Å²) in [5.41, 5.74) is 9.50. The summed E-state index contributed by atoms with van der Waals surface area (Å²) in [7, 11) is 1.67. The van der Waals surface area contributed by atoms with E-state index in [2.05, 4.69) is 6.07 Å². The van der Waals surface area contributed by atoms with Gasteiger partial charge in [-0.1, -0.05) is 12.1 Å². The average Bonchev–Trinajstić information content (AvgIpc) is 2.81. The molecule has 2 rings (SSSR count). The number of furan rings is 1. The highest BCUT2D eigenvalue weighted by atomic mass is 16.5. The fourth-order valence-electron chi connectivity index (χ4n) is 1.91. The van der Waals surface area contributed by atoms with Crippen LogP contribution in [0, 0.1) is 6.92 Å². The molecule has 0 amide bonds. The molecular formula is C14H17NO2. The standard InChI is InChI=1S/C14H17NO2/c1-10-7-12(3-4-14(10)16-2)13(15)8-11-5-6-17-9-11/h3-7,9,13H,8,15H2,1-2H3. The summed E-state index contributed by atoms with van der Waals surface area (Å²) in [6.07, 6.45) is 4.18. The molecule has 17 heavy (non-hydrogen) atoms. The highest BCUT2D eigenvalue weighted by molar-refractivity contribution is 5.37. The molecule has 1 aromatic carbocycles. The van der Waals surface area contributed by atoms with Gasteiger partial charge in [0.05, 0.1) is 19.6 Å². The van der Waals surface area contributed by atoms with Crippen LogP contribution in [0.15, 0.2) is 41.2 Å². The van der Waals surface area contributed by atoms with Crippen LogP contribution in [0.2, 0.25) is 0 Å². The lowest BCUT2D eigenvalue weighted by atomic mass is 9.99. The molecule has 1 unspecified atom stereocenters. The Hall–Kier alpha value is -1.74. The van der Waals surface area contributed by atoms with Crippen molar-refractivity contribution in [3.63, 3.8) is 0 Å². The molecule has 3 nitrogen and oxygen atoms in total. The summed E-state index contributed by atoms with van der Waals surface area (Å²) < 4.78 is 10.3. The molecule has 0 aliphatic rings. The summed E-state index contributed by atoms with van der Waals surface area (Å²) in [6.45, 7) is 2.02. The van der Waals surface area contributed by atoms with E-state index in [1.54, 1.807) is 19.6 Å². The van der Waals surface area contributed by atoms with Gasteiger partial charge in [0.1, 0.15) is 5.75 Å². The van der Waals surface area contributed by atoms with Crippen molar-refractivity contribution >= 4 is 0 Å². The quantitative estimate of drug-likeness (QED) is 0.880. The van der Waals surface area contributed by atoms with Crippen molar-refractivity contribution in [2.75, 3.05) is 7.11 Å². The van der Waals surface area contributed by atoms with Crippen LogP contribution in [0.25, 0.3) is 0 Å². The van der Waals surface area contributed by atoms with Gasteiger partial charge in [-0.2, -0.15) is 0 Å². The Balaban J connectivity index is 2.14. The van der Waals surface area contributed by atoms with Gasteiger partial charge in [0, 0.05) is 6.04 Å². The van der Waals surface area contributed by atoms with Crippen LogP contribution >= 0.6 is 0 Å². The highest BCUT2D eigenvalue weighted by Crippen LogP contribution is 2.23. The summed E-state index contributed by atoms with van der Waals surface area (Å²) in [4.78, 5) is 0. The number of methoxy groups -OCH3 is 1. The fourth-order valence-corrected chi connectivity index (χ4v) is 1.91. The third-order valence-electron chi connectivity index (χ3n) is 2.88. The van der Waals surface area contributed by atoms with Gasteiger partial charge >= 0.3 is 0 Å². The molecule has 1 heterocycles. The highest BCUT2D eigenvalue weighted by Gasteiger charge is 2.09. The lowest BCUT2D eigenvalue weighted by Crippen LogP contribution is -2.13. The summed E-state index contributed by atoms with van der Waals surface area (Å²) in [5, 5.41) is 0. The Morgan fingerprint density at radius 1 is 1.35 bits per heavy atom. The second-order valence-electron chi connectivity index (χ2n) is 4.17. The largest absolute Gasteiger partial charge is 0.496 e. The zero-order chi connectivity index (χ0) is 12.3. The van der Waals surface area contributed by atoms with E-state index in [0.29, 0.717) is 0 Å². The average molecular weight is 231 g/mol. The number of ether oxygens (including phenoxy) is 1. The second kappa shape index (κ2) is 5.06. The van der Waals surface area contributed by atoms with Gasteiger partial charge in [0.15, 0.2) is 0 Å². The van der Waals surface area contributed by atoms with E-state index in [9.17, 15) is 0 Å². The van der Waals surface area contributed by atoms with Crippen molar-refractivity contribution in [3.05, 3.63) is 53.5 Å². The molecule has 2 aromatic rings.